The molecule has 0 amide bonds. The zero-order chi connectivity index (χ0) is 23.3. The summed E-state index contributed by atoms with van der Waals surface area (Å²) in [6.07, 6.45) is 9.29. The average Bonchev–Trinajstić information content (AvgIpc) is 3.25. The third-order valence-electron chi connectivity index (χ3n) is 8.23. The first-order valence-electron chi connectivity index (χ1n) is 12.2. The van der Waals surface area contributed by atoms with Gasteiger partial charge in [-0.3, -0.25) is 0 Å². The van der Waals surface area contributed by atoms with Crippen molar-refractivity contribution in [2.45, 2.75) is 51.0 Å². The smallest absolute Gasteiger partial charge is 0.123 e. The van der Waals surface area contributed by atoms with Gasteiger partial charge in [-0.1, -0.05) is 55.0 Å². The van der Waals surface area contributed by atoms with E-state index < -0.39 is 5.60 Å². The number of hydrogen-bond acceptors (Lipinski definition) is 2. The van der Waals surface area contributed by atoms with Gasteiger partial charge in [-0.05, 0) is 90.8 Å². The van der Waals surface area contributed by atoms with Crippen molar-refractivity contribution >= 4 is 16.8 Å². The Morgan fingerprint density at radius 1 is 1.03 bits per heavy atom. The van der Waals surface area contributed by atoms with Crippen molar-refractivity contribution < 1.29 is 9.50 Å². The lowest BCUT2D eigenvalue weighted by molar-refractivity contribution is -0.0843. The lowest BCUT2D eigenvalue weighted by atomic mass is 9.56. The summed E-state index contributed by atoms with van der Waals surface area (Å²) < 4.78 is 15.3. The summed E-state index contributed by atoms with van der Waals surface area (Å²) >= 11 is 0. The first kappa shape index (κ1) is 21.3. The monoisotopic (exact) mass is 452 g/mol. The molecule has 2 aliphatic carbocycles. The van der Waals surface area contributed by atoms with Crippen LogP contribution in [0.25, 0.3) is 22.5 Å². The maximum atomic E-state index is 13.4. The maximum Gasteiger partial charge on any atom is 0.123 e. The van der Waals surface area contributed by atoms with Gasteiger partial charge in [0, 0.05) is 5.41 Å². The van der Waals surface area contributed by atoms with Crippen molar-refractivity contribution in [3.63, 3.8) is 0 Å². The summed E-state index contributed by atoms with van der Waals surface area (Å²) in [7, 11) is 0. The number of benzene rings is 3. The van der Waals surface area contributed by atoms with E-state index in [1.807, 2.05) is 10.9 Å². The van der Waals surface area contributed by atoms with Crippen LogP contribution in [-0.2, 0) is 12.8 Å². The van der Waals surface area contributed by atoms with E-state index in [2.05, 4.69) is 60.6 Å². The highest BCUT2D eigenvalue weighted by atomic mass is 19.1. The van der Waals surface area contributed by atoms with Crippen LogP contribution in [0.15, 0.2) is 78.5 Å². The van der Waals surface area contributed by atoms with Crippen molar-refractivity contribution in [2.24, 2.45) is 5.41 Å². The van der Waals surface area contributed by atoms with Crippen LogP contribution in [0.2, 0.25) is 0 Å². The zero-order valence-electron chi connectivity index (χ0n) is 19.5. The van der Waals surface area contributed by atoms with Crippen molar-refractivity contribution in [1.29, 1.82) is 0 Å². The lowest BCUT2D eigenvalue weighted by Gasteiger charge is -2.52. The van der Waals surface area contributed by atoms with Gasteiger partial charge < -0.3 is 5.11 Å². The fourth-order valence-electron chi connectivity index (χ4n) is 6.09. The molecular weight excluding hydrogens is 423 g/mol. The van der Waals surface area contributed by atoms with E-state index in [9.17, 15) is 9.50 Å². The van der Waals surface area contributed by atoms with Crippen molar-refractivity contribution in [1.82, 2.24) is 9.78 Å². The third-order valence-corrected chi connectivity index (χ3v) is 8.23. The number of aliphatic hydroxyl groups is 1. The molecule has 4 heteroatoms. The molecule has 1 N–H and O–H groups in total. The Hall–Kier alpha value is -3.24. The molecule has 0 bridgehead atoms. The molecular formula is C30H29FN2O. The fraction of sp³-hybridized carbons (Fsp3) is 0.300. The predicted molar refractivity (Wildman–Crippen MR) is 134 cm³/mol. The Bertz CT molecular complexity index is 1400. The number of fused-ring (bicyclic) bond motifs is 3. The first-order valence-corrected chi connectivity index (χ1v) is 12.2. The molecule has 0 spiro atoms. The molecule has 6 rings (SSSR count). The molecule has 3 aromatic carbocycles. The van der Waals surface area contributed by atoms with Crippen molar-refractivity contribution in [3.8, 4) is 5.69 Å². The van der Waals surface area contributed by atoms with Gasteiger partial charge in [0.05, 0.1) is 23.2 Å². The molecule has 1 fully saturated rings. The summed E-state index contributed by atoms with van der Waals surface area (Å²) in [6, 6.07) is 21.5. The second-order valence-corrected chi connectivity index (χ2v) is 10.2. The van der Waals surface area contributed by atoms with Gasteiger partial charge in [-0.25, -0.2) is 9.07 Å². The lowest BCUT2D eigenvalue weighted by Crippen LogP contribution is -2.52. The van der Waals surface area contributed by atoms with E-state index in [0.717, 1.165) is 55.5 Å². The molecule has 0 aliphatic heterocycles. The molecule has 34 heavy (non-hydrogen) atoms. The molecule has 4 aromatic rings. The Balaban J connectivity index is 1.30. The standard InChI is InChI=1S/C30H29FN2O/c1-29-19-24-20-32-33(27-12-10-26(31)11-13-27)28(24)18-25(29)7-4-15-30(29,34)16-14-21-8-9-22-5-2-3-6-23(22)17-21/h2-3,5-6,8-13,17-18,20,34H,4,7,14-16,19H2,1H3/t29-,30+/m0/s1. The maximum absolute atomic E-state index is 13.4. The van der Waals surface area contributed by atoms with E-state index in [1.54, 1.807) is 12.1 Å². The van der Waals surface area contributed by atoms with Gasteiger partial charge in [-0.2, -0.15) is 5.10 Å². The number of halogens is 1. The second-order valence-electron chi connectivity index (χ2n) is 10.2. The van der Waals surface area contributed by atoms with E-state index >= 15 is 0 Å². The van der Waals surface area contributed by atoms with Crippen LogP contribution in [0.3, 0.4) is 0 Å². The summed E-state index contributed by atoms with van der Waals surface area (Å²) in [5.41, 5.74) is 4.54. The number of nitrogens with zero attached hydrogens (tertiary/aromatic N) is 2. The molecule has 3 nitrogen and oxygen atoms in total. The van der Waals surface area contributed by atoms with Gasteiger partial charge in [-0.15, -0.1) is 0 Å². The quantitative estimate of drug-likeness (QED) is 0.376. The number of hydrogen-bond donors (Lipinski definition) is 1. The Morgan fingerprint density at radius 2 is 1.82 bits per heavy atom. The Labute approximate surface area is 199 Å². The largest absolute Gasteiger partial charge is 0.389 e. The average molecular weight is 453 g/mol. The van der Waals surface area contributed by atoms with Crippen LogP contribution in [0.5, 0.6) is 0 Å². The van der Waals surface area contributed by atoms with Crippen LogP contribution in [0.4, 0.5) is 4.39 Å². The summed E-state index contributed by atoms with van der Waals surface area (Å²) in [6.45, 7) is 2.23. The van der Waals surface area contributed by atoms with E-state index in [1.165, 1.54) is 34.0 Å². The zero-order valence-corrected chi connectivity index (χ0v) is 19.5. The van der Waals surface area contributed by atoms with Gasteiger partial charge in [0.25, 0.3) is 0 Å². The third kappa shape index (κ3) is 3.40. The van der Waals surface area contributed by atoms with Gasteiger partial charge >= 0.3 is 0 Å². The number of aromatic nitrogens is 2. The summed E-state index contributed by atoms with van der Waals surface area (Å²) in [5.74, 6) is -0.250. The van der Waals surface area contributed by atoms with Gasteiger partial charge in [0.2, 0.25) is 0 Å². The minimum atomic E-state index is -0.765. The SMILES string of the molecule is C[C@]12Cc3cnn(-c4ccc(F)cc4)c3C=C1CCC[C@@]2(O)CCc1ccc2ccccc2c1. The van der Waals surface area contributed by atoms with E-state index in [4.69, 9.17) is 0 Å². The molecule has 0 radical (unpaired) electrons. The van der Waals surface area contributed by atoms with Crippen LogP contribution in [0.1, 0.15) is 49.4 Å². The molecule has 1 saturated carbocycles. The number of aryl methyl sites for hydroxylation is 1. The molecule has 0 saturated heterocycles. The van der Waals surface area contributed by atoms with Crippen LogP contribution >= 0.6 is 0 Å². The minimum absolute atomic E-state index is 0.250. The molecule has 172 valence electrons. The van der Waals surface area contributed by atoms with Crippen LogP contribution in [-0.4, -0.2) is 20.5 Å². The van der Waals surface area contributed by atoms with E-state index in [0.29, 0.717) is 0 Å². The van der Waals surface area contributed by atoms with Gasteiger partial charge in [0.1, 0.15) is 5.82 Å². The fourth-order valence-corrected chi connectivity index (χ4v) is 6.09. The second kappa shape index (κ2) is 7.92. The molecule has 0 unspecified atom stereocenters. The van der Waals surface area contributed by atoms with Crippen LogP contribution < -0.4 is 0 Å². The normalized spacial score (nSPS) is 23.9. The topological polar surface area (TPSA) is 38.0 Å². The highest BCUT2D eigenvalue weighted by molar-refractivity contribution is 5.83. The summed E-state index contributed by atoms with van der Waals surface area (Å²) in [5, 5.41) is 19.2. The molecule has 2 atom stereocenters. The summed E-state index contributed by atoms with van der Waals surface area (Å²) in [4.78, 5) is 0. The molecule has 2 aliphatic rings. The van der Waals surface area contributed by atoms with Gasteiger partial charge in [0.15, 0.2) is 0 Å². The molecule has 1 aromatic heterocycles. The molecule has 1 heterocycles. The number of rotatable bonds is 4. The van der Waals surface area contributed by atoms with Crippen LogP contribution in [0, 0.1) is 11.2 Å². The Kier molecular flexibility index (Phi) is 4.96. The highest BCUT2D eigenvalue weighted by Crippen LogP contribution is 2.54. The first-order chi connectivity index (χ1) is 16.5. The van der Waals surface area contributed by atoms with Crippen molar-refractivity contribution in [2.75, 3.05) is 0 Å². The van der Waals surface area contributed by atoms with Crippen molar-refractivity contribution in [3.05, 3.63) is 101 Å². The predicted octanol–water partition coefficient (Wildman–Crippen LogP) is 6.66. The Morgan fingerprint density at radius 3 is 2.65 bits per heavy atom. The highest BCUT2D eigenvalue weighted by Gasteiger charge is 2.52. The minimum Gasteiger partial charge on any atom is -0.389 e. The van der Waals surface area contributed by atoms with E-state index in [-0.39, 0.29) is 11.2 Å².